The smallest absolute Gasteiger partial charge is 0.352 e. The topological polar surface area (TPSA) is 205 Å². The lowest BCUT2D eigenvalue weighted by molar-refractivity contribution is -0.706. The van der Waals surface area contributed by atoms with Crippen LogP contribution in [0.1, 0.15) is 10.9 Å². The monoisotopic (exact) mass is 580 g/mol. The Labute approximate surface area is 227 Å². The van der Waals surface area contributed by atoms with Crippen LogP contribution in [-0.4, -0.2) is 79.5 Å². The Morgan fingerprint density at radius 3 is 2.71 bits per heavy atom. The van der Waals surface area contributed by atoms with Gasteiger partial charge in [-0.05, 0) is 39.7 Å². The SMILES string of the molecule is O=C(O)CNC(=O)NC(C(=O)N[C@H]1C(=O)N2C(C(=O)O)=C(CSc3cccn[n+]3[O-])CSC12)c1cccs1. The number of hydrogen-bond donors (Lipinski definition) is 5. The number of carboxylic acid groups (broad SMARTS) is 2. The molecule has 14 nitrogen and oxygen atoms in total. The highest BCUT2D eigenvalue weighted by molar-refractivity contribution is 8.01. The molecule has 200 valence electrons. The Balaban J connectivity index is 1.46. The Kier molecular flexibility index (Phi) is 8.38. The molecule has 1 saturated heterocycles. The lowest BCUT2D eigenvalue weighted by Crippen LogP contribution is -2.71. The molecule has 17 heteroatoms. The van der Waals surface area contributed by atoms with Gasteiger partial charge in [-0.1, -0.05) is 6.07 Å². The van der Waals surface area contributed by atoms with Gasteiger partial charge in [0.25, 0.3) is 10.9 Å². The van der Waals surface area contributed by atoms with E-state index in [0.29, 0.717) is 15.3 Å². The van der Waals surface area contributed by atoms with Crippen molar-refractivity contribution >= 4 is 64.6 Å². The summed E-state index contributed by atoms with van der Waals surface area (Å²) >= 11 is 3.53. The molecule has 4 heterocycles. The van der Waals surface area contributed by atoms with E-state index in [9.17, 15) is 34.3 Å². The summed E-state index contributed by atoms with van der Waals surface area (Å²) in [6, 6.07) is 3.25. The van der Waals surface area contributed by atoms with Crippen LogP contribution >= 0.6 is 34.9 Å². The predicted molar refractivity (Wildman–Crippen MR) is 135 cm³/mol. The lowest BCUT2D eigenvalue weighted by Gasteiger charge is -2.49. The number of nitrogens with zero attached hydrogens (tertiary/aromatic N) is 3. The van der Waals surface area contributed by atoms with Gasteiger partial charge in [-0.15, -0.1) is 23.1 Å². The van der Waals surface area contributed by atoms with Crippen molar-refractivity contribution < 1.29 is 39.0 Å². The quantitative estimate of drug-likeness (QED) is 0.107. The minimum absolute atomic E-state index is 0.145. The second kappa shape index (κ2) is 11.7. The average molecular weight is 581 g/mol. The molecule has 0 saturated carbocycles. The first-order valence-electron chi connectivity index (χ1n) is 10.8. The Hall–Kier alpha value is -3.83. The molecular weight excluding hydrogens is 560 g/mol. The van der Waals surface area contributed by atoms with Crippen molar-refractivity contribution in [2.24, 2.45) is 0 Å². The number of carboxylic acids is 2. The normalized spacial score (nSPS) is 19.2. The first-order chi connectivity index (χ1) is 18.2. The highest BCUT2D eigenvalue weighted by Crippen LogP contribution is 2.41. The number of fused-ring (bicyclic) bond motifs is 1. The summed E-state index contributed by atoms with van der Waals surface area (Å²) in [7, 11) is 0. The van der Waals surface area contributed by atoms with Gasteiger partial charge in [0.15, 0.2) is 0 Å². The number of thiophene rings is 1. The molecule has 0 spiro atoms. The Morgan fingerprint density at radius 1 is 1.26 bits per heavy atom. The van der Waals surface area contributed by atoms with Gasteiger partial charge in [-0.25, -0.2) is 9.59 Å². The summed E-state index contributed by atoms with van der Waals surface area (Å²) in [6.45, 7) is -0.653. The zero-order valence-electron chi connectivity index (χ0n) is 19.2. The molecule has 4 rings (SSSR count). The minimum atomic E-state index is -1.31. The fourth-order valence-electron chi connectivity index (χ4n) is 3.70. The Bertz CT molecular complexity index is 1300. The van der Waals surface area contributed by atoms with Crippen LogP contribution in [-0.2, 0) is 19.2 Å². The third-order valence-electron chi connectivity index (χ3n) is 5.39. The number of nitrogens with one attached hydrogen (secondary N) is 3. The maximum Gasteiger partial charge on any atom is 0.352 e. The molecule has 2 unspecified atom stereocenters. The summed E-state index contributed by atoms with van der Waals surface area (Å²) in [5.74, 6) is -3.52. The molecule has 2 aliphatic rings. The molecule has 0 aliphatic carbocycles. The molecular formula is C21H20N6O8S3. The number of hydrogen-bond acceptors (Lipinski definition) is 10. The Morgan fingerprint density at radius 2 is 2.05 bits per heavy atom. The zero-order valence-corrected chi connectivity index (χ0v) is 21.7. The van der Waals surface area contributed by atoms with Crippen LogP contribution in [0.25, 0.3) is 0 Å². The van der Waals surface area contributed by atoms with Crippen LogP contribution < -0.4 is 20.8 Å². The molecule has 2 aromatic rings. The van der Waals surface area contributed by atoms with Crippen molar-refractivity contribution in [3.05, 3.63) is 57.2 Å². The van der Waals surface area contributed by atoms with Crippen LogP contribution in [0.2, 0.25) is 0 Å². The van der Waals surface area contributed by atoms with E-state index < -0.39 is 53.8 Å². The van der Waals surface area contributed by atoms with Crippen LogP contribution in [0.4, 0.5) is 4.79 Å². The van der Waals surface area contributed by atoms with E-state index in [2.05, 4.69) is 21.0 Å². The summed E-state index contributed by atoms with van der Waals surface area (Å²) in [5, 5.41) is 42.3. The number of amides is 4. The number of rotatable bonds is 10. The number of aliphatic carboxylic acids is 2. The zero-order chi connectivity index (χ0) is 27.4. The number of carbonyl (C=O) groups is 5. The van der Waals surface area contributed by atoms with Crippen molar-refractivity contribution in [2.45, 2.75) is 22.5 Å². The van der Waals surface area contributed by atoms with E-state index >= 15 is 0 Å². The molecule has 0 radical (unpaired) electrons. The summed E-state index contributed by atoms with van der Waals surface area (Å²) in [4.78, 5) is 63.0. The molecule has 5 N–H and O–H groups in total. The van der Waals surface area contributed by atoms with Gasteiger partial charge in [0, 0.05) is 27.5 Å². The van der Waals surface area contributed by atoms with Crippen LogP contribution in [0.5, 0.6) is 0 Å². The second-order valence-electron chi connectivity index (χ2n) is 7.85. The number of aromatic nitrogens is 2. The lowest BCUT2D eigenvalue weighted by atomic mass is 10.0. The van der Waals surface area contributed by atoms with E-state index in [-0.39, 0.29) is 22.2 Å². The van der Waals surface area contributed by atoms with Gasteiger partial charge >= 0.3 is 18.0 Å². The molecule has 2 aliphatic heterocycles. The highest BCUT2D eigenvalue weighted by Gasteiger charge is 2.54. The maximum atomic E-state index is 13.1. The van der Waals surface area contributed by atoms with Gasteiger partial charge in [0.2, 0.25) is 5.91 Å². The third kappa shape index (κ3) is 5.84. The van der Waals surface area contributed by atoms with Gasteiger partial charge < -0.3 is 31.4 Å². The van der Waals surface area contributed by atoms with E-state index in [4.69, 9.17) is 5.11 Å². The van der Waals surface area contributed by atoms with E-state index in [1.54, 1.807) is 29.6 Å². The first kappa shape index (κ1) is 27.2. The maximum absolute atomic E-state index is 13.1. The van der Waals surface area contributed by atoms with E-state index in [1.807, 2.05) is 0 Å². The second-order valence-corrected chi connectivity index (χ2v) is 10.9. The number of β-lactam (4-membered cyclic amide) rings is 1. The largest absolute Gasteiger partial charge is 0.593 e. The van der Waals surface area contributed by atoms with Crippen molar-refractivity contribution in [2.75, 3.05) is 18.1 Å². The van der Waals surface area contributed by atoms with Crippen LogP contribution in [0.3, 0.4) is 0 Å². The summed E-state index contributed by atoms with van der Waals surface area (Å²) in [6.07, 6.45) is 1.33. The fraction of sp³-hybridized carbons (Fsp3) is 0.286. The minimum Gasteiger partial charge on any atom is -0.593 e. The van der Waals surface area contributed by atoms with Crippen molar-refractivity contribution in [3.63, 3.8) is 0 Å². The first-order valence-corrected chi connectivity index (χ1v) is 13.8. The molecule has 0 bridgehead atoms. The standard InChI is InChI=1S/C21H20N6O8S3/c28-13(29)7-22-21(34)25-14(11-3-2-6-36-11)17(30)24-15-18(31)26-16(20(32)33)10(9-38-19(15)26)8-37-12-4-1-5-23-27(12)35/h1-6,14-15,19H,7-9H2,(H,24,30)(H,28,29)(H,32,33)(H2,22,25,34)/t14?,15-,19?/m0/s1. The van der Waals surface area contributed by atoms with E-state index in [0.717, 1.165) is 16.7 Å². The number of urea groups is 1. The third-order valence-corrected chi connectivity index (χ3v) is 8.75. The summed E-state index contributed by atoms with van der Waals surface area (Å²) < 4.78 is 0. The van der Waals surface area contributed by atoms with Crippen molar-refractivity contribution in [3.8, 4) is 0 Å². The van der Waals surface area contributed by atoms with E-state index in [1.165, 1.54) is 29.3 Å². The molecule has 2 aromatic heterocycles. The van der Waals surface area contributed by atoms with Crippen molar-refractivity contribution in [1.29, 1.82) is 0 Å². The molecule has 0 aromatic carbocycles. The highest BCUT2D eigenvalue weighted by atomic mass is 32.2. The van der Waals surface area contributed by atoms with Crippen LogP contribution in [0, 0.1) is 5.21 Å². The van der Waals surface area contributed by atoms with Gasteiger partial charge in [0.1, 0.15) is 29.7 Å². The molecule has 38 heavy (non-hydrogen) atoms. The summed E-state index contributed by atoms with van der Waals surface area (Å²) in [5.41, 5.74) is 0.248. The molecule has 4 amide bonds. The van der Waals surface area contributed by atoms with Gasteiger partial charge in [0.05, 0.1) is 6.20 Å². The van der Waals surface area contributed by atoms with Crippen LogP contribution in [0.15, 0.2) is 52.1 Å². The number of carbonyl (C=O) groups excluding carboxylic acids is 3. The predicted octanol–water partition coefficient (Wildman–Crippen LogP) is -0.268. The molecule has 1 fully saturated rings. The fourth-order valence-corrected chi connectivity index (χ4v) is 6.84. The number of thioether (sulfide) groups is 2. The molecule has 3 atom stereocenters. The van der Waals surface area contributed by atoms with Gasteiger partial charge in [-0.3, -0.25) is 19.3 Å². The van der Waals surface area contributed by atoms with Gasteiger partial charge in [-0.2, -0.15) is 0 Å². The van der Waals surface area contributed by atoms with Crippen molar-refractivity contribution in [1.82, 2.24) is 25.9 Å². The average Bonchev–Trinajstić information content (AvgIpc) is 3.42.